The van der Waals surface area contributed by atoms with Gasteiger partial charge in [0.15, 0.2) is 0 Å². The Labute approximate surface area is 119 Å². The van der Waals surface area contributed by atoms with Gasteiger partial charge in [-0.05, 0) is 32.9 Å². The second-order valence-corrected chi connectivity index (χ2v) is 5.10. The molecule has 2 N–H and O–H groups in total. The van der Waals surface area contributed by atoms with E-state index >= 15 is 0 Å². The molecule has 0 unspecified atom stereocenters. The summed E-state index contributed by atoms with van der Waals surface area (Å²) < 4.78 is 10.3. The standard InChI is InChI=1S/C15H20N2O3/c1-6-9-16-13-10-11(19-5)7-8-12(13)17-14(18)20-15(2,3)4/h1,7-8,10,16H,9H2,2-5H3,(H,17,18). The zero-order valence-electron chi connectivity index (χ0n) is 12.2. The molecule has 0 radical (unpaired) electrons. The zero-order chi connectivity index (χ0) is 15.2. The maximum absolute atomic E-state index is 11.8. The van der Waals surface area contributed by atoms with Gasteiger partial charge in [-0.1, -0.05) is 5.92 Å². The molecule has 108 valence electrons. The van der Waals surface area contributed by atoms with Crippen LogP contribution in [0.15, 0.2) is 18.2 Å². The first-order valence-corrected chi connectivity index (χ1v) is 6.21. The van der Waals surface area contributed by atoms with Gasteiger partial charge in [-0.3, -0.25) is 5.32 Å². The molecule has 0 atom stereocenters. The van der Waals surface area contributed by atoms with Crippen LogP contribution in [0, 0.1) is 12.3 Å². The number of hydrogen-bond donors (Lipinski definition) is 2. The Kier molecular flexibility index (Phi) is 5.27. The Hall–Kier alpha value is -2.35. The van der Waals surface area contributed by atoms with E-state index in [4.69, 9.17) is 15.9 Å². The van der Waals surface area contributed by atoms with Gasteiger partial charge in [0.1, 0.15) is 11.4 Å². The number of carbonyl (C=O) groups is 1. The van der Waals surface area contributed by atoms with Crippen LogP contribution in [0.25, 0.3) is 0 Å². The summed E-state index contributed by atoms with van der Waals surface area (Å²) in [6, 6.07) is 5.22. The van der Waals surface area contributed by atoms with Crippen LogP contribution in [-0.2, 0) is 4.74 Å². The van der Waals surface area contributed by atoms with Gasteiger partial charge in [0.05, 0.1) is 25.0 Å². The molecule has 1 aromatic rings. The van der Waals surface area contributed by atoms with Crippen molar-refractivity contribution >= 4 is 17.5 Å². The maximum Gasteiger partial charge on any atom is 0.412 e. The minimum Gasteiger partial charge on any atom is -0.497 e. The number of ether oxygens (including phenoxy) is 2. The summed E-state index contributed by atoms with van der Waals surface area (Å²) in [5.74, 6) is 3.14. The Morgan fingerprint density at radius 1 is 1.35 bits per heavy atom. The van der Waals surface area contributed by atoms with Crippen molar-refractivity contribution < 1.29 is 14.3 Å². The molecule has 0 aliphatic heterocycles. The fraction of sp³-hybridized carbons (Fsp3) is 0.400. The van der Waals surface area contributed by atoms with Crippen LogP contribution in [0.3, 0.4) is 0 Å². The molecule has 0 heterocycles. The third kappa shape index (κ3) is 5.11. The number of amides is 1. The second kappa shape index (κ2) is 6.71. The van der Waals surface area contributed by atoms with E-state index in [1.807, 2.05) is 0 Å². The highest BCUT2D eigenvalue weighted by Gasteiger charge is 2.17. The van der Waals surface area contributed by atoms with Gasteiger partial charge in [0.25, 0.3) is 0 Å². The molecule has 1 rings (SSSR count). The van der Waals surface area contributed by atoms with Crippen molar-refractivity contribution in [2.45, 2.75) is 26.4 Å². The summed E-state index contributed by atoms with van der Waals surface area (Å²) in [4.78, 5) is 11.8. The van der Waals surface area contributed by atoms with Crippen LogP contribution < -0.4 is 15.4 Å². The topological polar surface area (TPSA) is 59.6 Å². The third-order valence-corrected chi connectivity index (χ3v) is 2.24. The molecule has 0 aliphatic rings. The first kappa shape index (κ1) is 15.7. The van der Waals surface area contributed by atoms with Gasteiger partial charge in [-0.15, -0.1) is 6.42 Å². The van der Waals surface area contributed by atoms with Crippen LogP contribution in [0.2, 0.25) is 0 Å². The highest BCUT2D eigenvalue weighted by atomic mass is 16.6. The van der Waals surface area contributed by atoms with Gasteiger partial charge in [-0.25, -0.2) is 4.79 Å². The van der Waals surface area contributed by atoms with E-state index in [0.29, 0.717) is 23.7 Å². The lowest BCUT2D eigenvalue weighted by Gasteiger charge is -2.20. The lowest BCUT2D eigenvalue weighted by atomic mass is 10.2. The van der Waals surface area contributed by atoms with Crippen LogP contribution >= 0.6 is 0 Å². The average molecular weight is 276 g/mol. The van der Waals surface area contributed by atoms with Crippen molar-refractivity contribution in [3.05, 3.63) is 18.2 Å². The highest BCUT2D eigenvalue weighted by molar-refractivity contribution is 5.90. The number of hydrogen-bond acceptors (Lipinski definition) is 4. The molecule has 0 fully saturated rings. The first-order valence-electron chi connectivity index (χ1n) is 6.21. The van der Waals surface area contributed by atoms with Crippen molar-refractivity contribution in [2.75, 3.05) is 24.3 Å². The maximum atomic E-state index is 11.8. The molecule has 0 aromatic heterocycles. The van der Waals surface area contributed by atoms with E-state index < -0.39 is 11.7 Å². The smallest absolute Gasteiger partial charge is 0.412 e. The van der Waals surface area contributed by atoms with E-state index in [1.54, 1.807) is 46.1 Å². The molecule has 1 amide bonds. The van der Waals surface area contributed by atoms with Crippen LogP contribution in [0.1, 0.15) is 20.8 Å². The Bertz CT molecular complexity index is 513. The van der Waals surface area contributed by atoms with Crippen molar-refractivity contribution in [3.63, 3.8) is 0 Å². The van der Waals surface area contributed by atoms with E-state index in [0.717, 1.165) is 0 Å². The molecule has 5 nitrogen and oxygen atoms in total. The highest BCUT2D eigenvalue weighted by Crippen LogP contribution is 2.27. The number of methoxy groups -OCH3 is 1. The number of nitrogens with one attached hydrogen (secondary N) is 2. The minimum absolute atomic E-state index is 0.343. The normalized spacial score (nSPS) is 10.3. The van der Waals surface area contributed by atoms with Crippen LogP contribution in [0.5, 0.6) is 5.75 Å². The Morgan fingerprint density at radius 2 is 2.05 bits per heavy atom. The third-order valence-electron chi connectivity index (χ3n) is 2.24. The predicted octanol–water partition coefficient (Wildman–Crippen LogP) is 3.09. The van der Waals surface area contributed by atoms with Gasteiger partial charge in [0.2, 0.25) is 0 Å². The summed E-state index contributed by atoms with van der Waals surface area (Å²) in [5, 5.41) is 5.70. The summed E-state index contributed by atoms with van der Waals surface area (Å²) in [5.41, 5.74) is 0.701. The monoisotopic (exact) mass is 276 g/mol. The molecule has 0 saturated heterocycles. The second-order valence-electron chi connectivity index (χ2n) is 5.10. The molecule has 1 aromatic carbocycles. The van der Waals surface area contributed by atoms with E-state index in [2.05, 4.69) is 16.6 Å². The Morgan fingerprint density at radius 3 is 2.60 bits per heavy atom. The van der Waals surface area contributed by atoms with E-state index in [-0.39, 0.29) is 0 Å². The van der Waals surface area contributed by atoms with Gasteiger partial charge >= 0.3 is 6.09 Å². The van der Waals surface area contributed by atoms with Crippen molar-refractivity contribution in [2.24, 2.45) is 0 Å². The predicted molar refractivity (Wildman–Crippen MR) is 80.2 cm³/mol. The molecule has 5 heteroatoms. The van der Waals surface area contributed by atoms with Gasteiger partial charge in [-0.2, -0.15) is 0 Å². The summed E-state index contributed by atoms with van der Waals surface area (Å²) in [7, 11) is 1.57. The van der Waals surface area contributed by atoms with Crippen molar-refractivity contribution in [3.8, 4) is 18.1 Å². The van der Waals surface area contributed by atoms with Crippen LogP contribution in [-0.4, -0.2) is 25.3 Å². The fourth-order valence-corrected chi connectivity index (χ4v) is 1.47. The molecule has 0 spiro atoms. The quantitative estimate of drug-likeness (QED) is 0.830. The lowest BCUT2D eigenvalue weighted by molar-refractivity contribution is 0.0636. The van der Waals surface area contributed by atoms with Gasteiger partial charge in [0, 0.05) is 6.07 Å². The molecule has 20 heavy (non-hydrogen) atoms. The number of benzene rings is 1. The first-order chi connectivity index (χ1) is 9.35. The van der Waals surface area contributed by atoms with Crippen LogP contribution in [0.4, 0.5) is 16.2 Å². The summed E-state index contributed by atoms with van der Waals surface area (Å²) in [6.45, 7) is 5.75. The number of carbonyl (C=O) groups excluding carboxylic acids is 1. The molecule has 0 saturated carbocycles. The fourth-order valence-electron chi connectivity index (χ4n) is 1.47. The lowest BCUT2D eigenvalue weighted by Crippen LogP contribution is -2.27. The minimum atomic E-state index is -0.553. The van der Waals surface area contributed by atoms with Gasteiger partial charge < -0.3 is 14.8 Å². The summed E-state index contributed by atoms with van der Waals surface area (Å²) >= 11 is 0. The SMILES string of the molecule is C#CCNc1cc(OC)ccc1NC(=O)OC(C)(C)C. The summed E-state index contributed by atoms with van der Waals surface area (Å²) in [6.07, 6.45) is 4.70. The largest absolute Gasteiger partial charge is 0.497 e. The Balaban J connectivity index is 2.87. The van der Waals surface area contributed by atoms with E-state index in [1.165, 1.54) is 0 Å². The molecular weight excluding hydrogens is 256 g/mol. The average Bonchev–Trinajstić information content (AvgIpc) is 2.35. The molecule has 0 bridgehead atoms. The number of rotatable bonds is 4. The zero-order valence-corrected chi connectivity index (χ0v) is 12.2. The van der Waals surface area contributed by atoms with Crippen molar-refractivity contribution in [1.29, 1.82) is 0 Å². The number of terminal acetylenes is 1. The van der Waals surface area contributed by atoms with Crippen molar-refractivity contribution in [1.82, 2.24) is 0 Å². The van der Waals surface area contributed by atoms with E-state index in [9.17, 15) is 4.79 Å². The molecule has 0 aliphatic carbocycles. The molecular formula is C15H20N2O3. The number of anilines is 2.